The maximum absolute atomic E-state index is 5.51. The molecule has 0 aliphatic carbocycles. The number of benzene rings is 1. The van der Waals surface area contributed by atoms with Gasteiger partial charge < -0.3 is 4.74 Å². The summed E-state index contributed by atoms with van der Waals surface area (Å²) in [5, 5.41) is 12.9. The van der Waals surface area contributed by atoms with Crippen LogP contribution in [0.5, 0.6) is 0 Å². The summed E-state index contributed by atoms with van der Waals surface area (Å²) in [5.41, 5.74) is 4.23. The zero-order valence-corrected chi connectivity index (χ0v) is 14.6. The van der Waals surface area contributed by atoms with Crippen molar-refractivity contribution < 1.29 is 4.74 Å². The molecule has 0 radical (unpaired) electrons. The van der Waals surface area contributed by atoms with Gasteiger partial charge in [0.2, 0.25) is 0 Å². The van der Waals surface area contributed by atoms with Crippen LogP contribution < -0.4 is 0 Å². The van der Waals surface area contributed by atoms with Gasteiger partial charge in [-0.25, -0.2) is 0 Å². The molecule has 0 saturated heterocycles. The lowest BCUT2D eigenvalue weighted by Crippen LogP contribution is -2.14. The first-order valence-electron chi connectivity index (χ1n) is 7.58. The number of aryl methyl sites for hydroxylation is 1. The summed E-state index contributed by atoms with van der Waals surface area (Å²) in [6.07, 6.45) is -0.504. The Morgan fingerprint density at radius 3 is 2.65 bits per heavy atom. The minimum atomic E-state index is -0.504. The predicted molar refractivity (Wildman–Crippen MR) is 92.5 cm³/mol. The Morgan fingerprint density at radius 2 is 2.04 bits per heavy atom. The zero-order chi connectivity index (χ0) is 16.6. The molecule has 23 heavy (non-hydrogen) atoms. The second-order valence-electron chi connectivity index (χ2n) is 6.80. The second kappa shape index (κ2) is 5.85. The van der Waals surface area contributed by atoms with Gasteiger partial charge in [0.1, 0.15) is 5.69 Å². The number of rotatable bonds is 3. The SMILES string of the molecule is Cc1cccc(Cn2nc(C(C)(C)C)cc2C2N=NC(=S)O2)c1. The summed E-state index contributed by atoms with van der Waals surface area (Å²) in [6, 6.07) is 10.4. The maximum Gasteiger partial charge on any atom is 0.304 e. The van der Waals surface area contributed by atoms with Crippen molar-refractivity contribution in [2.45, 2.75) is 45.9 Å². The Labute approximate surface area is 141 Å². The highest BCUT2D eigenvalue weighted by Gasteiger charge is 2.28. The van der Waals surface area contributed by atoms with Crippen molar-refractivity contribution in [1.29, 1.82) is 0 Å². The molecule has 1 aliphatic rings. The van der Waals surface area contributed by atoms with Crippen molar-refractivity contribution in [1.82, 2.24) is 9.78 Å². The molecule has 1 atom stereocenters. The molecule has 0 bridgehead atoms. The van der Waals surface area contributed by atoms with Crippen LogP contribution in [0.15, 0.2) is 40.6 Å². The molecule has 0 amide bonds. The van der Waals surface area contributed by atoms with Gasteiger partial charge in [0.25, 0.3) is 6.23 Å². The van der Waals surface area contributed by atoms with Crippen LogP contribution >= 0.6 is 12.2 Å². The Balaban J connectivity index is 1.98. The Hall–Kier alpha value is -2.08. The molecule has 6 heteroatoms. The molecule has 5 nitrogen and oxygen atoms in total. The van der Waals surface area contributed by atoms with E-state index in [-0.39, 0.29) is 10.6 Å². The summed E-state index contributed by atoms with van der Waals surface area (Å²) in [5.74, 6) is 0. The fourth-order valence-corrected chi connectivity index (χ4v) is 2.61. The number of thiocarbonyl (C=S) groups is 1. The van der Waals surface area contributed by atoms with E-state index in [2.05, 4.69) is 62.2 Å². The predicted octanol–water partition coefficient (Wildman–Crippen LogP) is 4.30. The van der Waals surface area contributed by atoms with E-state index in [0.29, 0.717) is 6.54 Å². The lowest BCUT2D eigenvalue weighted by molar-refractivity contribution is 0.214. The van der Waals surface area contributed by atoms with E-state index in [1.807, 2.05) is 10.7 Å². The third-order valence-corrected chi connectivity index (χ3v) is 3.88. The van der Waals surface area contributed by atoms with Gasteiger partial charge in [0.15, 0.2) is 0 Å². The molecule has 1 aromatic heterocycles. The van der Waals surface area contributed by atoms with E-state index >= 15 is 0 Å². The zero-order valence-electron chi connectivity index (χ0n) is 13.8. The third kappa shape index (κ3) is 3.47. The monoisotopic (exact) mass is 328 g/mol. The molecule has 2 aromatic rings. The summed E-state index contributed by atoms with van der Waals surface area (Å²) in [6.45, 7) is 9.16. The van der Waals surface area contributed by atoms with E-state index in [1.54, 1.807) is 0 Å². The quantitative estimate of drug-likeness (QED) is 0.789. The van der Waals surface area contributed by atoms with Gasteiger partial charge in [-0.2, -0.15) is 5.10 Å². The first-order chi connectivity index (χ1) is 10.8. The fraction of sp³-hybridized carbons (Fsp3) is 0.412. The molecule has 1 aliphatic heterocycles. The molecule has 0 saturated carbocycles. The van der Waals surface area contributed by atoms with Gasteiger partial charge in [-0.05, 0) is 30.8 Å². The van der Waals surface area contributed by atoms with Crippen LogP contribution in [0.3, 0.4) is 0 Å². The van der Waals surface area contributed by atoms with Gasteiger partial charge >= 0.3 is 5.17 Å². The van der Waals surface area contributed by atoms with Gasteiger partial charge in [-0.3, -0.25) is 4.68 Å². The standard InChI is InChI=1S/C17H20N4OS/c1-11-6-5-7-12(8-11)10-21-13(15-18-19-16(23)22-15)9-14(20-21)17(2,3)4/h5-9,15H,10H2,1-4H3. The highest BCUT2D eigenvalue weighted by Crippen LogP contribution is 2.30. The van der Waals surface area contributed by atoms with Crippen molar-refractivity contribution in [3.05, 3.63) is 52.8 Å². The maximum atomic E-state index is 5.51. The van der Waals surface area contributed by atoms with E-state index in [9.17, 15) is 0 Å². The fourth-order valence-electron chi connectivity index (χ4n) is 2.47. The highest BCUT2D eigenvalue weighted by molar-refractivity contribution is 7.80. The third-order valence-electron chi connectivity index (χ3n) is 3.70. The van der Waals surface area contributed by atoms with E-state index in [4.69, 9.17) is 22.1 Å². The van der Waals surface area contributed by atoms with Crippen molar-refractivity contribution in [2.24, 2.45) is 10.2 Å². The number of nitrogens with zero attached hydrogens (tertiary/aromatic N) is 4. The highest BCUT2D eigenvalue weighted by atomic mass is 32.1. The van der Waals surface area contributed by atoms with Crippen molar-refractivity contribution in [2.75, 3.05) is 0 Å². The molecule has 3 rings (SSSR count). The minimum absolute atomic E-state index is 0.0527. The van der Waals surface area contributed by atoms with Gasteiger partial charge in [-0.15, -0.1) is 10.2 Å². The van der Waals surface area contributed by atoms with E-state index in [0.717, 1.165) is 11.4 Å². The molecule has 1 aromatic carbocycles. The van der Waals surface area contributed by atoms with Crippen molar-refractivity contribution in [3.63, 3.8) is 0 Å². The molecule has 1 unspecified atom stereocenters. The van der Waals surface area contributed by atoms with Crippen LogP contribution in [0.2, 0.25) is 0 Å². The van der Waals surface area contributed by atoms with Gasteiger partial charge in [0.05, 0.1) is 12.2 Å². The molecule has 0 spiro atoms. The molecule has 2 heterocycles. The average Bonchev–Trinajstić information content (AvgIpc) is 3.04. The van der Waals surface area contributed by atoms with E-state index in [1.165, 1.54) is 11.1 Å². The lowest BCUT2D eigenvalue weighted by atomic mass is 9.92. The summed E-state index contributed by atoms with van der Waals surface area (Å²) < 4.78 is 7.45. The van der Waals surface area contributed by atoms with Crippen LogP contribution in [-0.2, 0) is 16.7 Å². The first kappa shape index (κ1) is 15.8. The van der Waals surface area contributed by atoms with Crippen LogP contribution in [-0.4, -0.2) is 15.0 Å². The average molecular weight is 328 g/mol. The largest absolute Gasteiger partial charge is 0.435 e. The number of aromatic nitrogens is 2. The summed E-state index contributed by atoms with van der Waals surface area (Å²) in [7, 11) is 0. The minimum Gasteiger partial charge on any atom is -0.435 e. The molecular formula is C17H20N4OS. The van der Waals surface area contributed by atoms with Gasteiger partial charge in [0, 0.05) is 5.41 Å². The molecule has 0 fully saturated rings. The second-order valence-corrected chi connectivity index (χ2v) is 7.15. The Kier molecular flexibility index (Phi) is 4.02. The lowest BCUT2D eigenvalue weighted by Gasteiger charge is -2.14. The normalized spacial score (nSPS) is 17.6. The van der Waals surface area contributed by atoms with Crippen molar-refractivity contribution in [3.8, 4) is 0 Å². The van der Waals surface area contributed by atoms with E-state index < -0.39 is 6.23 Å². The van der Waals surface area contributed by atoms with Crippen LogP contribution in [0.25, 0.3) is 0 Å². The van der Waals surface area contributed by atoms with Gasteiger partial charge in [-0.1, -0.05) is 50.6 Å². The summed E-state index contributed by atoms with van der Waals surface area (Å²) >= 11 is 4.95. The number of azo groups is 1. The Morgan fingerprint density at radius 1 is 1.26 bits per heavy atom. The van der Waals surface area contributed by atoms with Crippen LogP contribution in [0.1, 0.15) is 49.5 Å². The number of ether oxygens (including phenoxy) is 1. The van der Waals surface area contributed by atoms with Crippen LogP contribution in [0, 0.1) is 6.92 Å². The Bertz CT molecular complexity index is 773. The smallest absolute Gasteiger partial charge is 0.304 e. The van der Waals surface area contributed by atoms with Crippen molar-refractivity contribution >= 4 is 17.4 Å². The number of hydrogen-bond donors (Lipinski definition) is 0. The molecular weight excluding hydrogens is 308 g/mol. The summed E-state index contributed by atoms with van der Waals surface area (Å²) in [4.78, 5) is 0. The number of hydrogen-bond acceptors (Lipinski definition) is 4. The topological polar surface area (TPSA) is 51.8 Å². The molecule has 120 valence electrons. The van der Waals surface area contributed by atoms with Crippen LogP contribution in [0.4, 0.5) is 0 Å². The molecule has 0 N–H and O–H groups in total. The first-order valence-corrected chi connectivity index (χ1v) is 7.99.